The number of fused-ring (bicyclic) bond motifs is 1. The second-order valence-corrected chi connectivity index (χ2v) is 14.7. The predicted molar refractivity (Wildman–Crippen MR) is 171 cm³/mol. The zero-order valence-corrected chi connectivity index (χ0v) is 30.2. The fourth-order valence-corrected chi connectivity index (χ4v) is 8.08. The van der Waals surface area contributed by atoms with Crippen LogP contribution in [0.1, 0.15) is 88.0 Å². The van der Waals surface area contributed by atoms with Crippen LogP contribution < -0.4 is 5.73 Å². The van der Waals surface area contributed by atoms with Crippen LogP contribution in [0.2, 0.25) is 0 Å². The molecule has 3 rings (SSSR count). The van der Waals surface area contributed by atoms with Gasteiger partial charge in [0.1, 0.15) is 29.2 Å². The van der Waals surface area contributed by atoms with Gasteiger partial charge >= 0.3 is 24.0 Å². The van der Waals surface area contributed by atoms with Crippen LogP contribution in [0.4, 0.5) is 4.79 Å². The number of primary amides is 1. The van der Waals surface area contributed by atoms with Gasteiger partial charge in [-0.2, -0.15) is 0 Å². The Morgan fingerprint density at radius 3 is 2.23 bits per heavy atom. The minimum absolute atomic E-state index is 0.0536. The number of hydrogen-bond donors (Lipinski definition) is 2. The molecule has 3 aliphatic heterocycles. The molecule has 0 aromatic carbocycles. The zero-order chi connectivity index (χ0) is 36.5. The number of carbonyl (C=O) groups excluding carboxylic acids is 5. The summed E-state index contributed by atoms with van der Waals surface area (Å²) in [5.74, 6) is -6.27. The number of carbonyl (C=O) groups is 5. The van der Waals surface area contributed by atoms with Crippen LogP contribution in [-0.4, -0.2) is 108 Å². The number of ether oxygens (including phenoxy) is 6. The number of Topliss-reactive ketones (excluding diaryl/α,β-unsaturated/α-hetero) is 1. The molecule has 14 nitrogen and oxygen atoms in total. The number of cyclic esters (lactones) is 1. The number of hydrogen-bond acceptors (Lipinski definition) is 13. The summed E-state index contributed by atoms with van der Waals surface area (Å²) in [6, 6.07) is -0.323. The molecule has 1 amide bonds. The molecule has 0 radical (unpaired) electrons. The van der Waals surface area contributed by atoms with Crippen LogP contribution in [0.3, 0.4) is 0 Å². The Bertz CT molecular complexity index is 1210. The van der Waals surface area contributed by atoms with Gasteiger partial charge in [-0.3, -0.25) is 19.2 Å². The molecule has 3 aliphatic rings. The molecule has 3 fully saturated rings. The van der Waals surface area contributed by atoms with Gasteiger partial charge in [0, 0.05) is 30.6 Å². The summed E-state index contributed by atoms with van der Waals surface area (Å²) in [6.07, 6.45) is -6.54. The predicted octanol–water partition coefficient (Wildman–Crippen LogP) is 2.74. The van der Waals surface area contributed by atoms with E-state index in [4.69, 9.17) is 34.2 Å². The van der Waals surface area contributed by atoms with Crippen LogP contribution in [0.15, 0.2) is 0 Å². The Hall–Kier alpha value is -2.81. The van der Waals surface area contributed by atoms with E-state index in [0.29, 0.717) is 12.8 Å². The third-order valence-electron chi connectivity index (χ3n) is 10.6. The van der Waals surface area contributed by atoms with E-state index in [2.05, 4.69) is 0 Å². The molecule has 3 unspecified atom stereocenters. The lowest BCUT2D eigenvalue weighted by atomic mass is 9.70. The first-order chi connectivity index (χ1) is 22.2. The second kappa shape index (κ2) is 15.4. The molecule has 3 saturated heterocycles. The van der Waals surface area contributed by atoms with E-state index in [1.54, 1.807) is 41.5 Å². The lowest BCUT2D eigenvalue weighted by Crippen LogP contribution is -2.61. The maximum Gasteiger partial charge on any atom is 0.405 e. The summed E-state index contributed by atoms with van der Waals surface area (Å²) >= 11 is 0. The number of nitrogens with zero attached hydrogens (tertiary/aromatic N) is 1. The minimum atomic E-state index is -1.68. The molecule has 14 heteroatoms. The van der Waals surface area contributed by atoms with Gasteiger partial charge in [-0.25, -0.2) is 4.79 Å². The van der Waals surface area contributed by atoms with Crippen LogP contribution in [0, 0.1) is 29.6 Å². The lowest BCUT2D eigenvalue weighted by molar-refractivity contribution is -0.300. The number of esters is 3. The van der Waals surface area contributed by atoms with Crippen LogP contribution >= 0.6 is 0 Å². The first-order valence-electron chi connectivity index (χ1n) is 16.9. The highest BCUT2D eigenvalue weighted by molar-refractivity contribution is 5.85. The van der Waals surface area contributed by atoms with Crippen molar-refractivity contribution in [2.75, 3.05) is 14.1 Å². The molecule has 48 heavy (non-hydrogen) atoms. The Kier molecular flexibility index (Phi) is 12.7. The topological polar surface area (TPSA) is 190 Å². The molecule has 3 N–H and O–H groups in total. The van der Waals surface area contributed by atoms with E-state index in [-0.39, 0.29) is 30.8 Å². The number of ketones is 1. The molecule has 0 bridgehead atoms. The number of aliphatic hydroxyl groups is 1. The molecule has 3 heterocycles. The van der Waals surface area contributed by atoms with Crippen molar-refractivity contribution in [2.24, 2.45) is 35.3 Å². The molecule has 0 aromatic heterocycles. The van der Waals surface area contributed by atoms with Gasteiger partial charge in [0.05, 0.1) is 30.6 Å². The highest BCUT2D eigenvalue weighted by atomic mass is 16.7. The number of aliphatic hydroxyl groups excluding tert-OH is 1. The van der Waals surface area contributed by atoms with Crippen molar-refractivity contribution in [3.8, 4) is 0 Å². The molecule has 274 valence electrons. The van der Waals surface area contributed by atoms with Gasteiger partial charge in [-0.15, -0.1) is 0 Å². The summed E-state index contributed by atoms with van der Waals surface area (Å²) < 4.78 is 36.1. The van der Waals surface area contributed by atoms with E-state index in [1.165, 1.54) is 13.8 Å². The Morgan fingerprint density at radius 2 is 1.69 bits per heavy atom. The third kappa shape index (κ3) is 8.31. The fraction of sp³-hybridized carbons (Fsp3) is 0.853. The molecular weight excluding hydrogens is 628 g/mol. The standard InChI is InChI=1S/C34H56N2O12/c1-12-24-34(9)22(14-25(38)47-34)18(4)26(39)16(2)15-33(8,48-32(35)42)29(19(5)27(40)20(6)30(41)45-24)46-31-28(44-21(7)37)23(36(10)11)13-17(3)43-31/h16-20,22-24,27-29,31,40H,12-15H2,1-11H3,(H2,35,42)/t16-,17-,18?,19+,20-,22?,23+,24-,27+,28-,29-,31?,33-,34+/m1/s1. The summed E-state index contributed by atoms with van der Waals surface area (Å²) in [5.41, 5.74) is 2.64. The first kappa shape index (κ1) is 39.6. The fourth-order valence-electron chi connectivity index (χ4n) is 8.08. The van der Waals surface area contributed by atoms with Crippen LogP contribution in [-0.2, 0) is 47.6 Å². The summed E-state index contributed by atoms with van der Waals surface area (Å²) in [4.78, 5) is 67.2. The molecule has 0 saturated carbocycles. The van der Waals surface area contributed by atoms with Crippen molar-refractivity contribution in [2.45, 2.75) is 142 Å². The van der Waals surface area contributed by atoms with Gasteiger partial charge in [0.15, 0.2) is 12.4 Å². The third-order valence-corrected chi connectivity index (χ3v) is 10.6. The average molecular weight is 685 g/mol. The average Bonchev–Trinajstić information content (AvgIpc) is 3.30. The second-order valence-electron chi connectivity index (χ2n) is 14.7. The first-order valence-corrected chi connectivity index (χ1v) is 16.9. The number of nitrogens with two attached hydrogens (primary N) is 1. The monoisotopic (exact) mass is 684 g/mol. The number of rotatable bonds is 6. The van der Waals surface area contributed by atoms with Crippen molar-refractivity contribution in [1.29, 1.82) is 0 Å². The summed E-state index contributed by atoms with van der Waals surface area (Å²) in [7, 11) is 3.67. The van der Waals surface area contributed by atoms with E-state index in [1.807, 2.05) is 25.9 Å². The normalized spacial score (nSPS) is 43.1. The van der Waals surface area contributed by atoms with E-state index < -0.39 is 95.5 Å². The van der Waals surface area contributed by atoms with Crippen molar-refractivity contribution in [3.05, 3.63) is 0 Å². The number of amides is 1. The minimum Gasteiger partial charge on any atom is -0.458 e. The van der Waals surface area contributed by atoms with Gasteiger partial charge in [0.25, 0.3) is 0 Å². The van der Waals surface area contributed by atoms with Crippen molar-refractivity contribution in [1.82, 2.24) is 4.90 Å². The summed E-state index contributed by atoms with van der Waals surface area (Å²) in [6.45, 7) is 14.6. The largest absolute Gasteiger partial charge is 0.458 e. The van der Waals surface area contributed by atoms with Crippen LogP contribution in [0.5, 0.6) is 0 Å². The van der Waals surface area contributed by atoms with Gasteiger partial charge < -0.3 is 44.2 Å². The van der Waals surface area contributed by atoms with Gasteiger partial charge in [-0.05, 0) is 61.1 Å². The highest BCUT2D eigenvalue weighted by Gasteiger charge is 2.57. The Labute approximate surface area is 283 Å². The molecular formula is C34H56N2O12. The SMILES string of the molecule is CC[C@H]1OC(=O)[C@H](C)[C@@H](O)[C@H](C)[C@@H](OC2O[C@H](C)C[C@H](N(C)C)[C@H]2OC(C)=O)[C@](C)(OC(N)=O)C[C@@H](C)C(=O)C(C)C2CC(=O)O[C@@]21C. The smallest absolute Gasteiger partial charge is 0.405 e. The van der Waals surface area contributed by atoms with Crippen LogP contribution in [0.25, 0.3) is 0 Å². The molecule has 0 aromatic rings. The quantitative estimate of drug-likeness (QED) is 0.307. The molecule has 0 aliphatic carbocycles. The Balaban J connectivity index is 2.19. The maximum atomic E-state index is 14.1. The molecule has 0 spiro atoms. The van der Waals surface area contributed by atoms with E-state index in [9.17, 15) is 29.1 Å². The van der Waals surface area contributed by atoms with Gasteiger partial charge in [-0.1, -0.05) is 27.7 Å². The summed E-state index contributed by atoms with van der Waals surface area (Å²) in [5, 5.41) is 11.8. The Morgan fingerprint density at radius 1 is 1.06 bits per heavy atom. The number of likely N-dealkylation sites (N-methyl/N-ethyl adjacent to an activating group) is 1. The lowest BCUT2D eigenvalue weighted by Gasteiger charge is -2.48. The van der Waals surface area contributed by atoms with Crippen molar-refractivity contribution >= 4 is 29.8 Å². The maximum absolute atomic E-state index is 14.1. The van der Waals surface area contributed by atoms with E-state index in [0.717, 1.165) is 0 Å². The molecule has 14 atom stereocenters. The van der Waals surface area contributed by atoms with Crippen molar-refractivity contribution in [3.63, 3.8) is 0 Å². The highest BCUT2D eigenvalue weighted by Crippen LogP contribution is 2.45. The van der Waals surface area contributed by atoms with E-state index >= 15 is 0 Å². The zero-order valence-electron chi connectivity index (χ0n) is 30.2. The van der Waals surface area contributed by atoms with Gasteiger partial charge in [0.2, 0.25) is 0 Å². The van der Waals surface area contributed by atoms with Crippen molar-refractivity contribution < 1.29 is 57.5 Å².